The van der Waals surface area contributed by atoms with Crippen molar-refractivity contribution in [3.63, 3.8) is 0 Å². The van der Waals surface area contributed by atoms with Crippen molar-refractivity contribution < 1.29 is 14.3 Å². The molecule has 0 saturated carbocycles. The Morgan fingerprint density at radius 1 is 1.14 bits per heavy atom. The van der Waals surface area contributed by atoms with Crippen molar-refractivity contribution in [1.29, 1.82) is 0 Å². The molecule has 2 rings (SSSR count). The summed E-state index contributed by atoms with van der Waals surface area (Å²) in [6.07, 6.45) is 0.292. The van der Waals surface area contributed by atoms with Crippen molar-refractivity contribution in [3.05, 3.63) is 46.7 Å². The van der Waals surface area contributed by atoms with Gasteiger partial charge < -0.3 is 15.4 Å². The zero-order chi connectivity index (χ0) is 15.8. The average molecular weight is 318 g/mol. The summed E-state index contributed by atoms with van der Waals surface area (Å²) < 4.78 is 5.43. The third-order valence-corrected chi connectivity index (χ3v) is 3.70. The number of rotatable bonds is 7. The Morgan fingerprint density at radius 2 is 1.95 bits per heavy atom. The predicted molar refractivity (Wildman–Crippen MR) is 87.3 cm³/mol. The fourth-order valence-corrected chi connectivity index (χ4v) is 2.56. The van der Waals surface area contributed by atoms with Gasteiger partial charge in [-0.2, -0.15) is 0 Å². The molecule has 2 N–H and O–H groups in total. The van der Waals surface area contributed by atoms with E-state index in [1.54, 1.807) is 12.1 Å². The van der Waals surface area contributed by atoms with Crippen LogP contribution in [0.3, 0.4) is 0 Å². The first-order chi connectivity index (χ1) is 10.7. The number of nitrogens with one attached hydrogen (secondary N) is 2. The van der Waals surface area contributed by atoms with Crippen LogP contribution in [0.2, 0.25) is 0 Å². The zero-order valence-corrected chi connectivity index (χ0v) is 13.1. The van der Waals surface area contributed by atoms with E-state index in [0.29, 0.717) is 24.5 Å². The van der Waals surface area contributed by atoms with Crippen molar-refractivity contribution in [3.8, 4) is 5.75 Å². The Bertz CT molecular complexity index is 626. The second kappa shape index (κ2) is 8.19. The normalized spacial score (nSPS) is 10.0. The summed E-state index contributed by atoms with van der Waals surface area (Å²) in [6.45, 7) is 2.33. The molecule has 0 fully saturated rings. The molecule has 0 atom stereocenters. The van der Waals surface area contributed by atoms with E-state index in [-0.39, 0.29) is 18.4 Å². The Balaban J connectivity index is 1.81. The van der Waals surface area contributed by atoms with Crippen LogP contribution in [0.4, 0.5) is 5.69 Å². The van der Waals surface area contributed by atoms with E-state index in [9.17, 15) is 9.59 Å². The number of carbonyl (C=O) groups is 2. The quantitative estimate of drug-likeness (QED) is 0.824. The molecule has 2 aromatic rings. The second-order valence-corrected chi connectivity index (χ2v) is 5.54. The molecule has 0 bridgehead atoms. The minimum Gasteiger partial charge on any atom is -0.492 e. The summed E-state index contributed by atoms with van der Waals surface area (Å²) >= 11 is 1.52. The fraction of sp³-hybridized carbons (Fsp3) is 0.250. The molecule has 1 aromatic carbocycles. The molecule has 0 aliphatic carbocycles. The van der Waals surface area contributed by atoms with Gasteiger partial charge >= 0.3 is 0 Å². The van der Waals surface area contributed by atoms with Gasteiger partial charge in [0.15, 0.2) is 0 Å². The van der Waals surface area contributed by atoms with Gasteiger partial charge in [0.2, 0.25) is 11.8 Å². The fourth-order valence-electron chi connectivity index (χ4n) is 1.86. The molecule has 1 heterocycles. The standard InChI is InChI=1S/C16H18N2O3S/c1-2-21-14-8-4-3-7-13(14)18-16(20)11-17-15(19)10-12-6-5-9-22-12/h3-9H,2,10-11H2,1H3,(H,17,19)(H,18,20). The van der Waals surface area contributed by atoms with Crippen LogP contribution < -0.4 is 15.4 Å². The lowest BCUT2D eigenvalue weighted by Crippen LogP contribution is -2.33. The number of benzene rings is 1. The number of thiophene rings is 1. The van der Waals surface area contributed by atoms with Crippen LogP contribution in [-0.2, 0) is 16.0 Å². The molecule has 2 amide bonds. The molecule has 22 heavy (non-hydrogen) atoms. The lowest BCUT2D eigenvalue weighted by atomic mass is 10.3. The van der Waals surface area contributed by atoms with Crippen molar-refractivity contribution in [2.24, 2.45) is 0 Å². The molecule has 0 aliphatic heterocycles. The maximum absolute atomic E-state index is 11.9. The summed E-state index contributed by atoms with van der Waals surface area (Å²) in [6, 6.07) is 11.0. The Labute approximate surface area is 133 Å². The third-order valence-electron chi connectivity index (χ3n) is 2.82. The smallest absolute Gasteiger partial charge is 0.243 e. The Morgan fingerprint density at radius 3 is 2.68 bits per heavy atom. The van der Waals surface area contributed by atoms with Gasteiger partial charge in [0.1, 0.15) is 5.75 Å². The van der Waals surface area contributed by atoms with Crippen LogP contribution in [0, 0.1) is 0 Å². The van der Waals surface area contributed by atoms with E-state index in [0.717, 1.165) is 4.88 Å². The van der Waals surface area contributed by atoms with E-state index in [4.69, 9.17) is 4.74 Å². The molecule has 116 valence electrons. The van der Waals surface area contributed by atoms with E-state index in [1.165, 1.54) is 11.3 Å². The van der Waals surface area contributed by atoms with Crippen molar-refractivity contribution in [2.45, 2.75) is 13.3 Å². The summed E-state index contributed by atoms with van der Waals surface area (Å²) in [4.78, 5) is 24.6. The summed E-state index contributed by atoms with van der Waals surface area (Å²) in [5, 5.41) is 7.26. The monoisotopic (exact) mass is 318 g/mol. The number of para-hydroxylation sites is 2. The van der Waals surface area contributed by atoms with Gasteiger partial charge in [0.05, 0.1) is 25.3 Å². The van der Waals surface area contributed by atoms with Crippen LogP contribution in [0.15, 0.2) is 41.8 Å². The maximum Gasteiger partial charge on any atom is 0.243 e. The van der Waals surface area contributed by atoms with Gasteiger partial charge in [-0.3, -0.25) is 9.59 Å². The molecule has 1 aromatic heterocycles. The SMILES string of the molecule is CCOc1ccccc1NC(=O)CNC(=O)Cc1cccs1. The number of anilines is 1. The maximum atomic E-state index is 11.9. The van der Waals surface area contributed by atoms with E-state index < -0.39 is 0 Å². The highest BCUT2D eigenvalue weighted by Crippen LogP contribution is 2.23. The van der Waals surface area contributed by atoms with Gasteiger partial charge in [0, 0.05) is 4.88 Å². The van der Waals surface area contributed by atoms with E-state index in [1.807, 2.05) is 36.6 Å². The summed E-state index contributed by atoms with van der Waals surface area (Å²) in [5.74, 6) is 0.158. The molecular formula is C16H18N2O3S. The van der Waals surface area contributed by atoms with Crippen molar-refractivity contribution in [1.82, 2.24) is 5.32 Å². The third kappa shape index (κ3) is 4.89. The summed E-state index contributed by atoms with van der Waals surface area (Å²) in [5.41, 5.74) is 0.599. The molecule has 5 nitrogen and oxygen atoms in total. The lowest BCUT2D eigenvalue weighted by Gasteiger charge is -2.11. The second-order valence-electron chi connectivity index (χ2n) is 4.51. The number of hydrogen-bond donors (Lipinski definition) is 2. The average Bonchev–Trinajstić information content (AvgIpc) is 3.00. The van der Waals surface area contributed by atoms with E-state index in [2.05, 4.69) is 10.6 Å². The van der Waals surface area contributed by atoms with Crippen molar-refractivity contribution >= 4 is 28.8 Å². The molecule has 0 aliphatic rings. The molecular weight excluding hydrogens is 300 g/mol. The molecule has 0 saturated heterocycles. The van der Waals surface area contributed by atoms with Crippen LogP contribution in [0.25, 0.3) is 0 Å². The first-order valence-electron chi connectivity index (χ1n) is 6.99. The molecule has 0 radical (unpaired) electrons. The highest BCUT2D eigenvalue weighted by atomic mass is 32.1. The van der Waals surface area contributed by atoms with Crippen LogP contribution in [0.1, 0.15) is 11.8 Å². The minimum absolute atomic E-state index is 0.0648. The first kappa shape index (κ1) is 16.0. The summed E-state index contributed by atoms with van der Waals surface area (Å²) in [7, 11) is 0. The van der Waals surface area contributed by atoms with E-state index >= 15 is 0 Å². The van der Waals surface area contributed by atoms with Gasteiger partial charge in [-0.25, -0.2) is 0 Å². The van der Waals surface area contributed by atoms with Crippen LogP contribution >= 0.6 is 11.3 Å². The Kier molecular flexibility index (Phi) is 5.97. The zero-order valence-electron chi connectivity index (χ0n) is 12.3. The highest BCUT2D eigenvalue weighted by Gasteiger charge is 2.09. The number of carbonyl (C=O) groups excluding carboxylic acids is 2. The van der Waals surface area contributed by atoms with Gasteiger partial charge in [0.25, 0.3) is 0 Å². The predicted octanol–water partition coefficient (Wildman–Crippen LogP) is 2.44. The van der Waals surface area contributed by atoms with Crippen LogP contribution in [-0.4, -0.2) is 25.0 Å². The van der Waals surface area contributed by atoms with Gasteiger partial charge in [-0.15, -0.1) is 11.3 Å². The highest BCUT2D eigenvalue weighted by molar-refractivity contribution is 7.10. The largest absolute Gasteiger partial charge is 0.492 e. The molecule has 0 unspecified atom stereocenters. The number of ether oxygens (including phenoxy) is 1. The molecule has 0 spiro atoms. The minimum atomic E-state index is -0.285. The van der Waals surface area contributed by atoms with Crippen LogP contribution in [0.5, 0.6) is 5.75 Å². The van der Waals surface area contributed by atoms with Gasteiger partial charge in [-0.05, 0) is 30.5 Å². The number of amides is 2. The molecule has 6 heteroatoms. The Hall–Kier alpha value is -2.34. The van der Waals surface area contributed by atoms with Gasteiger partial charge in [-0.1, -0.05) is 18.2 Å². The number of hydrogen-bond acceptors (Lipinski definition) is 4. The van der Waals surface area contributed by atoms with Crippen molar-refractivity contribution in [2.75, 3.05) is 18.5 Å². The topological polar surface area (TPSA) is 67.4 Å². The first-order valence-corrected chi connectivity index (χ1v) is 7.87. The lowest BCUT2D eigenvalue weighted by molar-refractivity contribution is -0.123.